The number of hydrogen-bond donors (Lipinski definition) is 1. The predicted molar refractivity (Wildman–Crippen MR) is 65.7 cm³/mol. The SMILES string of the molecule is CCOC(=O)c1cncn1CC(N)(CC)CC. The summed E-state index contributed by atoms with van der Waals surface area (Å²) < 4.78 is 6.74. The molecular weight excluding hydrogens is 218 g/mol. The largest absolute Gasteiger partial charge is 0.461 e. The van der Waals surface area contributed by atoms with Crippen LogP contribution in [0.1, 0.15) is 44.1 Å². The minimum Gasteiger partial charge on any atom is -0.461 e. The number of carbonyl (C=O) groups is 1. The maximum atomic E-state index is 11.7. The Morgan fingerprint density at radius 2 is 2.12 bits per heavy atom. The first-order chi connectivity index (χ1) is 8.06. The van der Waals surface area contributed by atoms with Gasteiger partial charge in [0.25, 0.3) is 0 Å². The number of nitrogens with two attached hydrogens (primary N) is 1. The number of ether oxygens (including phenoxy) is 1. The molecule has 0 aliphatic heterocycles. The summed E-state index contributed by atoms with van der Waals surface area (Å²) in [4.78, 5) is 15.7. The molecule has 0 bridgehead atoms. The molecule has 0 saturated heterocycles. The Labute approximate surface area is 102 Å². The van der Waals surface area contributed by atoms with E-state index in [4.69, 9.17) is 10.5 Å². The van der Waals surface area contributed by atoms with Crippen LogP contribution < -0.4 is 5.73 Å². The summed E-state index contributed by atoms with van der Waals surface area (Å²) in [5.74, 6) is -0.348. The zero-order valence-electron chi connectivity index (χ0n) is 10.8. The molecule has 0 radical (unpaired) electrons. The number of aromatic nitrogens is 2. The van der Waals surface area contributed by atoms with E-state index in [1.165, 1.54) is 6.20 Å². The summed E-state index contributed by atoms with van der Waals surface area (Å²) in [7, 11) is 0. The van der Waals surface area contributed by atoms with Crippen LogP contribution in [0.5, 0.6) is 0 Å². The quantitative estimate of drug-likeness (QED) is 0.765. The third-order valence-electron chi connectivity index (χ3n) is 3.09. The molecule has 0 aromatic carbocycles. The lowest BCUT2D eigenvalue weighted by Gasteiger charge is -2.27. The molecule has 5 heteroatoms. The zero-order chi connectivity index (χ0) is 12.9. The summed E-state index contributed by atoms with van der Waals surface area (Å²) in [6.45, 7) is 6.81. The average molecular weight is 239 g/mol. The molecule has 1 aromatic heterocycles. The molecule has 0 fully saturated rings. The van der Waals surface area contributed by atoms with Crippen molar-refractivity contribution in [3.8, 4) is 0 Å². The predicted octanol–water partition coefficient (Wildman–Crippen LogP) is 1.58. The Balaban J connectivity index is 2.85. The second-order valence-corrected chi connectivity index (χ2v) is 4.20. The third-order valence-corrected chi connectivity index (χ3v) is 3.09. The van der Waals surface area contributed by atoms with E-state index in [9.17, 15) is 4.79 Å². The van der Waals surface area contributed by atoms with Gasteiger partial charge in [0, 0.05) is 12.1 Å². The molecule has 0 atom stereocenters. The molecule has 0 aliphatic carbocycles. The molecule has 96 valence electrons. The van der Waals surface area contributed by atoms with Crippen molar-refractivity contribution in [3.63, 3.8) is 0 Å². The van der Waals surface area contributed by atoms with Crippen LogP contribution >= 0.6 is 0 Å². The van der Waals surface area contributed by atoms with E-state index in [1.54, 1.807) is 17.8 Å². The van der Waals surface area contributed by atoms with Crippen LogP contribution in [0.4, 0.5) is 0 Å². The lowest BCUT2D eigenvalue weighted by Crippen LogP contribution is -2.43. The maximum Gasteiger partial charge on any atom is 0.356 e. The first-order valence-corrected chi connectivity index (χ1v) is 6.02. The number of nitrogens with zero attached hydrogens (tertiary/aromatic N) is 2. The van der Waals surface area contributed by atoms with Crippen LogP contribution in [0.15, 0.2) is 12.5 Å². The van der Waals surface area contributed by atoms with Gasteiger partial charge in [-0.15, -0.1) is 0 Å². The molecule has 2 N–H and O–H groups in total. The molecule has 0 aliphatic rings. The van der Waals surface area contributed by atoms with Gasteiger partial charge < -0.3 is 15.0 Å². The lowest BCUT2D eigenvalue weighted by molar-refractivity contribution is 0.0512. The number of hydrogen-bond acceptors (Lipinski definition) is 4. The summed E-state index contributed by atoms with van der Waals surface area (Å²) in [6.07, 6.45) is 4.84. The van der Waals surface area contributed by atoms with Crippen LogP contribution in [0.2, 0.25) is 0 Å². The Bertz CT molecular complexity index is 370. The molecule has 1 rings (SSSR count). The smallest absolute Gasteiger partial charge is 0.356 e. The van der Waals surface area contributed by atoms with Crippen LogP contribution in [0.25, 0.3) is 0 Å². The Morgan fingerprint density at radius 3 is 2.65 bits per heavy atom. The van der Waals surface area contributed by atoms with E-state index in [1.807, 2.05) is 13.8 Å². The molecule has 1 heterocycles. The minimum absolute atomic E-state index is 0.304. The Kier molecular flexibility index (Phi) is 4.69. The fourth-order valence-electron chi connectivity index (χ4n) is 1.63. The summed E-state index contributed by atoms with van der Waals surface area (Å²) >= 11 is 0. The highest BCUT2D eigenvalue weighted by atomic mass is 16.5. The number of esters is 1. The first kappa shape index (κ1) is 13.7. The van der Waals surface area contributed by atoms with E-state index >= 15 is 0 Å². The monoisotopic (exact) mass is 239 g/mol. The van der Waals surface area contributed by atoms with Crippen molar-refractivity contribution >= 4 is 5.97 Å². The lowest BCUT2D eigenvalue weighted by atomic mass is 9.94. The molecule has 0 amide bonds. The molecule has 5 nitrogen and oxygen atoms in total. The third kappa shape index (κ3) is 3.30. The van der Waals surface area contributed by atoms with Crippen molar-refractivity contribution in [1.82, 2.24) is 9.55 Å². The van der Waals surface area contributed by atoms with Gasteiger partial charge in [-0.1, -0.05) is 13.8 Å². The Morgan fingerprint density at radius 1 is 1.47 bits per heavy atom. The molecule has 1 aromatic rings. The minimum atomic E-state index is -0.348. The average Bonchev–Trinajstić information content (AvgIpc) is 2.77. The van der Waals surface area contributed by atoms with E-state index in [-0.39, 0.29) is 11.5 Å². The summed E-state index contributed by atoms with van der Waals surface area (Å²) in [5, 5.41) is 0. The molecule has 0 saturated carbocycles. The molecule has 0 spiro atoms. The van der Waals surface area contributed by atoms with Gasteiger partial charge in [-0.2, -0.15) is 0 Å². The fraction of sp³-hybridized carbons (Fsp3) is 0.667. The Hall–Kier alpha value is -1.36. The topological polar surface area (TPSA) is 70.1 Å². The van der Waals surface area contributed by atoms with Gasteiger partial charge in [-0.25, -0.2) is 9.78 Å². The highest BCUT2D eigenvalue weighted by Gasteiger charge is 2.23. The normalized spacial score (nSPS) is 11.5. The van der Waals surface area contributed by atoms with Gasteiger partial charge in [-0.3, -0.25) is 0 Å². The van der Waals surface area contributed by atoms with Gasteiger partial charge in [-0.05, 0) is 19.8 Å². The van der Waals surface area contributed by atoms with Crippen molar-refractivity contribution in [3.05, 3.63) is 18.2 Å². The first-order valence-electron chi connectivity index (χ1n) is 6.02. The van der Waals surface area contributed by atoms with Crippen LogP contribution in [-0.4, -0.2) is 27.7 Å². The van der Waals surface area contributed by atoms with Crippen molar-refractivity contribution in [2.24, 2.45) is 5.73 Å². The number of carbonyl (C=O) groups excluding carboxylic acids is 1. The standard InChI is InChI=1S/C12H21N3O2/c1-4-12(13,5-2)8-15-9-14-7-10(15)11(16)17-6-3/h7,9H,4-6,8,13H2,1-3H3. The fourth-order valence-corrected chi connectivity index (χ4v) is 1.63. The van der Waals surface area contributed by atoms with Crippen LogP contribution in [-0.2, 0) is 11.3 Å². The van der Waals surface area contributed by atoms with E-state index in [0.717, 1.165) is 12.8 Å². The van der Waals surface area contributed by atoms with Gasteiger partial charge in [0.05, 0.1) is 19.1 Å². The van der Waals surface area contributed by atoms with Crippen LogP contribution in [0.3, 0.4) is 0 Å². The van der Waals surface area contributed by atoms with E-state index in [2.05, 4.69) is 4.98 Å². The van der Waals surface area contributed by atoms with E-state index < -0.39 is 0 Å². The van der Waals surface area contributed by atoms with Gasteiger partial charge in [0.2, 0.25) is 0 Å². The molecule has 0 unspecified atom stereocenters. The maximum absolute atomic E-state index is 11.7. The van der Waals surface area contributed by atoms with Gasteiger partial charge >= 0.3 is 5.97 Å². The van der Waals surface area contributed by atoms with Crippen molar-refractivity contribution in [1.29, 1.82) is 0 Å². The van der Waals surface area contributed by atoms with Crippen molar-refractivity contribution in [2.75, 3.05) is 6.61 Å². The van der Waals surface area contributed by atoms with Crippen molar-refractivity contribution in [2.45, 2.75) is 45.7 Å². The number of imidazole rings is 1. The molecular formula is C12H21N3O2. The van der Waals surface area contributed by atoms with Gasteiger partial charge in [0.15, 0.2) is 0 Å². The van der Waals surface area contributed by atoms with Crippen molar-refractivity contribution < 1.29 is 9.53 Å². The second-order valence-electron chi connectivity index (χ2n) is 4.20. The summed E-state index contributed by atoms with van der Waals surface area (Å²) in [5.41, 5.74) is 6.39. The van der Waals surface area contributed by atoms with Crippen LogP contribution in [0, 0.1) is 0 Å². The molecule has 17 heavy (non-hydrogen) atoms. The highest BCUT2D eigenvalue weighted by molar-refractivity contribution is 5.87. The highest BCUT2D eigenvalue weighted by Crippen LogP contribution is 2.16. The second kappa shape index (κ2) is 5.82. The number of rotatable bonds is 6. The summed E-state index contributed by atoms with van der Waals surface area (Å²) in [6, 6.07) is 0. The van der Waals surface area contributed by atoms with Gasteiger partial charge in [0.1, 0.15) is 5.69 Å². The van der Waals surface area contributed by atoms with E-state index in [0.29, 0.717) is 18.8 Å². The zero-order valence-corrected chi connectivity index (χ0v) is 10.8.